The van der Waals surface area contributed by atoms with Gasteiger partial charge in [0.05, 0.1) is 11.4 Å². The first-order chi connectivity index (χ1) is 12.3. The van der Waals surface area contributed by atoms with Crippen molar-refractivity contribution in [2.24, 2.45) is 5.92 Å². The highest BCUT2D eigenvalue weighted by atomic mass is 32.2. The summed E-state index contributed by atoms with van der Waals surface area (Å²) in [5, 5.41) is 5.45. The van der Waals surface area contributed by atoms with E-state index in [0.717, 1.165) is 11.3 Å². The molecule has 2 aromatic rings. The molecule has 3 heterocycles. The molecule has 0 spiro atoms. The molecule has 1 N–H and O–H groups in total. The van der Waals surface area contributed by atoms with Crippen molar-refractivity contribution in [1.82, 2.24) is 9.29 Å². The number of carbonyl (C=O) groups is 1. The topological polar surface area (TPSA) is 79.4 Å². The quantitative estimate of drug-likeness (QED) is 0.814. The summed E-state index contributed by atoms with van der Waals surface area (Å²) in [4.78, 5) is 19.5. The van der Waals surface area contributed by atoms with Crippen LogP contribution in [0.15, 0.2) is 11.4 Å². The molecule has 0 bridgehead atoms. The molecule has 1 aliphatic rings. The summed E-state index contributed by atoms with van der Waals surface area (Å²) in [5.41, 5.74) is 2.00. The fourth-order valence-corrected chi connectivity index (χ4v) is 5.91. The maximum absolute atomic E-state index is 12.5. The van der Waals surface area contributed by atoms with Crippen LogP contribution in [0.3, 0.4) is 0 Å². The number of amides is 1. The number of anilines is 1. The first-order valence-electron chi connectivity index (χ1n) is 8.61. The molecular formula is C17H23N3O3S3. The van der Waals surface area contributed by atoms with Crippen LogP contribution in [0.1, 0.15) is 29.5 Å². The number of nitrogens with one attached hydrogen (secondary N) is 1. The Kier molecular flexibility index (Phi) is 5.81. The highest BCUT2D eigenvalue weighted by molar-refractivity contribution is 7.89. The second-order valence-electron chi connectivity index (χ2n) is 6.43. The number of thiazole rings is 1. The van der Waals surface area contributed by atoms with Crippen LogP contribution < -0.4 is 5.32 Å². The summed E-state index contributed by atoms with van der Waals surface area (Å²) in [6.45, 7) is 6.60. The third kappa shape index (κ3) is 4.16. The van der Waals surface area contributed by atoms with Crippen molar-refractivity contribution < 1.29 is 13.2 Å². The van der Waals surface area contributed by atoms with Gasteiger partial charge >= 0.3 is 0 Å². The fraction of sp³-hybridized carbons (Fsp3) is 0.529. The normalized spacial score (nSPS) is 16.7. The number of nitrogens with zero attached hydrogens (tertiary/aromatic N) is 2. The Morgan fingerprint density at radius 2 is 2.04 bits per heavy atom. The zero-order valence-corrected chi connectivity index (χ0v) is 17.6. The Balaban J connectivity index is 1.60. The largest absolute Gasteiger partial charge is 0.302 e. The van der Waals surface area contributed by atoms with Crippen molar-refractivity contribution in [3.05, 3.63) is 21.2 Å². The molecule has 9 heteroatoms. The standard InChI is InChI=1S/C17H23N3O3S3/c1-4-26(22,23)20-7-5-13(6-8-20)16(21)19-17-18-15(10-24-17)14-9-11(2)25-12(14)3/h9-10,13H,4-8H2,1-3H3,(H,18,19,21). The zero-order chi connectivity index (χ0) is 18.9. The van der Waals surface area contributed by atoms with Crippen molar-refractivity contribution in [2.45, 2.75) is 33.6 Å². The summed E-state index contributed by atoms with van der Waals surface area (Å²) >= 11 is 3.16. The van der Waals surface area contributed by atoms with E-state index in [-0.39, 0.29) is 17.6 Å². The summed E-state index contributed by atoms with van der Waals surface area (Å²) in [6.07, 6.45) is 1.10. The second-order valence-corrected chi connectivity index (χ2v) is 11.0. The predicted molar refractivity (Wildman–Crippen MR) is 107 cm³/mol. The van der Waals surface area contributed by atoms with Crippen LogP contribution in [-0.4, -0.2) is 42.5 Å². The summed E-state index contributed by atoms with van der Waals surface area (Å²) in [6, 6.07) is 2.12. The van der Waals surface area contributed by atoms with Gasteiger partial charge in [-0.2, -0.15) is 0 Å². The third-order valence-corrected chi connectivity index (χ3v) is 8.24. The number of sulfonamides is 1. The number of thiophene rings is 1. The van der Waals surface area contributed by atoms with Gasteiger partial charge in [0, 0.05) is 39.7 Å². The average Bonchev–Trinajstić information content (AvgIpc) is 3.20. The number of hydrogen-bond acceptors (Lipinski definition) is 6. The minimum atomic E-state index is -3.17. The van der Waals surface area contributed by atoms with E-state index in [2.05, 4.69) is 30.2 Å². The van der Waals surface area contributed by atoms with Gasteiger partial charge in [-0.3, -0.25) is 4.79 Å². The molecule has 6 nitrogen and oxygen atoms in total. The van der Waals surface area contributed by atoms with E-state index in [0.29, 0.717) is 31.1 Å². The lowest BCUT2D eigenvalue weighted by atomic mass is 9.97. The molecule has 3 rings (SSSR count). The summed E-state index contributed by atoms with van der Waals surface area (Å²) in [5.74, 6) is -0.138. The maximum atomic E-state index is 12.5. The van der Waals surface area contributed by atoms with Crippen molar-refractivity contribution in [2.75, 3.05) is 24.2 Å². The van der Waals surface area contributed by atoms with E-state index >= 15 is 0 Å². The van der Waals surface area contributed by atoms with Gasteiger partial charge in [0.2, 0.25) is 15.9 Å². The van der Waals surface area contributed by atoms with Gasteiger partial charge in [0.25, 0.3) is 0 Å². The van der Waals surface area contributed by atoms with Crippen LogP contribution in [0.2, 0.25) is 0 Å². The van der Waals surface area contributed by atoms with Crippen LogP contribution in [0, 0.1) is 19.8 Å². The number of hydrogen-bond donors (Lipinski definition) is 1. The van der Waals surface area contributed by atoms with Gasteiger partial charge in [0.1, 0.15) is 0 Å². The number of rotatable bonds is 5. The molecule has 0 aliphatic carbocycles. The molecule has 0 aromatic carbocycles. The van der Waals surface area contributed by atoms with Crippen LogP contribution in [0.5, 0.6) is 0 Å². The molecule has 1 aliphatic heterocycles. The smallest absolute Gasteiger partial charge is 0.229 e. The monoisotopic (exact) mass is 413 g/mol. The van der Waals surface area contributed by atoms with E-state index in [9.17, 15) is 13.2 Å². The van der Waals surface area contributed by atoms with Gasteiger partial charge in [-0.05, 0) is 39.7 Å². The molecule has 2 aromatic heterocycles. The Bertz CT molecular complexity index is 893. The zero-order valence-electron chi connectivity index (χ0n) is 15.1. The van der Waals surface area contributed by atoms with Gasteiger partial charge in [-0.1, -0.05) is 0 Å². The Hall–Kier alpha value is -1.29. The van der Waals surface area contributed by atoms with Crippen molar-refractivity contribution in [3.63, 3.8) is 0 Å². The maximum Gasteiger partial charge on any atom is 0.229 e. The molecule has 0 saturated carbocycles. The van der Waals surface area contributed by atoms with E-state index in [1.807, 2.05) is 5.38 Å². The van der Waals surface area contributed by atoms with E-state index in [4.69, 9.17) is 0 Å². The molecule has 0 unspecified atom stereocenters. The number of aromatic nitrogens is 1. The third-order valence-electron chi connectivity index (χ3n) is 4.63. The Morgan fingerprint density at radius 3 is 2.62 bits per heavy atom. The van der Waals surface area contributed by atoms with Crippen molar-refractivity contribution in [1.29, 1.82) is 0 Å². The van der Waals surface area contributed by atoms with Gasteiger partial charge in [-0.25, -0.2) is 17.7 Å². The van der Waals surface area contributed by atoms with Crippen molar-refractivity contribution in [3.8, 4) is 11.3 Å². The van der Waals surface area contributed by atoms with Gasteiger partial charge in [0.15, 0.2) is 5.13 Å². The molecule has 1 saturated heterocycles. The van der Waals surface area contributed by atoms with Crippen LogP contribution in [-0.2, 0) is 14.8 Å². The Labute approximate surface area is 162 Å². The summed E-state index contributed by atoms with van der Waals surface area (Å²) < 4.78 is 25.3. The van der Waals surface area contributed by atoms with Gasteiger partial charge in [-0.15, -0.1) is 22.7 Å². The lowest BCUT2D eigenvalue weighted by molar-refractivity contribution is -0.120. The fourth-order valence-electron chi connectivity index (χ4n) is 3.13. The minimum Gasteiger partial charge on any atom is -0.302 e. The SMILES string of the molecule is CCS(=O)(=O)N1CCC(C(=O)Nc2nc(-c3cc(C)sc3C)cs2)CC1. The molecule has 1 amide bonds. The number of carbonyl (C=O) groups excluding carboxylic acids is 1. The first kappa shape index (κ1) is 19.5. The van der Waals surface area contributed by atoms with Gasteiger partial charge < -0.3 is 5.32 Å². The lowest BCUT2D eigenvalue weighted by Crippen LogP contribution is -2.42. The summed E-state index contributed by atoms with van der Waals surface area (Å²) in [7, 11) is -3.17. The van der Waals surface area contributed by atoms with E-state index < -0.39 is 10.0 Å². The van der Waals surface area contributed by atoms with Crippen LogP contribution in [0.25, 0.3) is 11.3 Å². The average molecular weight is 414 g/mol. The molecule has 1 fully saturated rings. The van der Waals surface area contributed by atoms with Crippen molar-refractivity contribution >= 4 is 43.7 Å². The minimum absolute atomic E-state index is 0.0716. The van der Waals surface area contributed by atoms with E-state index in [1.165, 1.54) is 25.4 Å². The molecule has 26 heavy (non-hydrogen) atoms. The molecule has 142 valence electrons. The number of piperidine rings is 1. The first-order valence-corrected chi connectivity index (χ1v) is 11.9. The highest BCUT2D eigenvalue weighted by Gasteiger charge is 2.30. The molecular weight excluding hydrogens is 390 g/mol. The van der Waals surface area contributed by atoms with Crippen LogP contribution >= 0.6 is 22.7 Å². The molecule has 0 radical (unpaired) electrons. The van der Waals surface area contributed by atoms with Crippen LogP contribution in [0.4, 0.5) is 5.13 Å². The second kappa shape index (κ2) is 7.75. The Morgan fingerprint density at radius 1 is 1.35 bits per heavy atom. The predicted octanol–water partition coefficient (Wildman–Crippen LogP) is 3.49. The van der Waals surface area contributed by atoms with E-state index in [1.54, 1.807) is 18.3 Å². The highest BCUT2D eigenvalue weighted by Crippen LogP contribution is 2.33. The lowest BCUT2D eigenvalue weighted by Gasteiger charge is -2.30. The molecule has 0 atom stereocenters. The number of aryl methyl sites for hydroxylation is 2.